The van der Waals surface area contributed by atoms with Gasteiger partial charge in [0, 0.05) is 5.46 Å². The van der Waals surface area contributed by atoms with Crippen molar-refractivity contribution < 1.29 is 18.8 Å². The van der Waals surface area contributed by atoms with Gasteiger partial charge in [0.2, 0.25) is 0 Å². The SMILES string of the molecule is OB(O)c1ccc(CCC2CCC(c3ccccc3)CC2)c(F)c1F. The van der Waals surface area contributed by atoms with Crippen LogP contribution in [-0.4, -0.2) is 17.2 Å². The Hall–Kier alpha value is -1.72. The first-order chi connectivity index (χ1) is 12.1. The summed E-state index contributed by atoms with van der Waals surface area (Å²) >= 11 is 0. The topological polar surface area (TPSA) is 40.5 Å². The van der Waals surface area contributed by atoms with E-state index in [-0.39, 0.29) is 0 Å². The van der Waals surface area contributed by atoms with Crippen molar-refractivity contribution in [3.05, 3.63) is 65.2 Å². The van der Waals surface area contributed by atoms with Crippen LogP contribution in [0.3, 0.4) is 0 Å². The molecule has 0 heterocycles. The third kappa shape index (κ3) is 4.28. The summed E-state index contributed by atoms with van der Waals surface area (Å²) < 4.78 is 27.9. The fourth-order valence-corrected chi connectivity index (χ4v) is 3.87. The Bertz CT molecular complexity index is 698. The predicted molar refractivity (Wildman–Crippen MR) is 95.6 cm³/mol. The first-order valence-electron chi connectivity index (χ1n) is 8.94. The van der Waals surface area contributed by atoms with Gasteiger partial charge in [-0.2, -0.15) is 0 Å². The van der Waals surface area contributed by atoms with E-state index in [1.165, 1.54) is 17.7 Å². The molecule has 1 aliphatic rings. The molecule has 0 bridgehead atoms. The van der Waals surface area contributed by atoms with Crippen LogP contribution in [0.5, 0.6) is 0 Å². The van der Waals surface area contributed by atoms with Gasteiger partial charge in [0.25, 0.3) is 0 Å². The van der Waals surface area contributed by atoms with Crippen molar-refractivity contribution in [1.29, 1.82) is 0 Å². The fraction of sp³-hybridized carbons (Fsp3) is 0.400. The highest BCUT2D eigenvalue weighted by Gasteiger charge is 2.24. The van der Waals surface area contributed by atoms with Crippen LogP contribution in [0.1, 0.15) is 49.1 Å². The van der Waals surface area contributed by atoms with Gasteiger partial charge in [0.05, 0.1) is 0 Å². The molecular formula is C20H23BF2O2. The Morgan fingerprint density at radius 1 is 0.880 bits per heavy atom. The predicted octanol–water partition coefficient (Wildman–Crippen LogP) is 3.55. The molecule has 25 heavy (non-hydrogen) atoms. The number of aryl methyl sites for hydroxylation is 1. The van der Waals surface area contributed by atoms with Crippen LogP contribution in [0.25, 0.3) is 0 Å². The highest BCUT2D eigenvalue weighted by atomic mass is 19.2. The van der Waals surface area contributed by atoms with Crippen LogP contribution in [0.15, 0.2) is 42.5 Å². The smallest absolute Gasteiger partial charge is 0.423 e. The molecule has 1 fully saturated rings. The molecule has 0 atom stereocenters. The number of benzene rings is 2. The molecule has 1 aliphatic carbocycles. The normalized spacial score (nSPS) is 20.5. The van der Waals surface area contributed by atoms with Crippen LogP contribution < -0.4 is 5.46 Å². The maximum Gasteiger partial charge on any atom is 0.491 e. The lowest BCUT2D eigenvalue weighted by atomic mass is 9.76. The van der Waals surface area contributed by atoms with Crippen LogP contribution >= 0.6 is 0 Å². The van der Waals surface area contributed by atoms with Gasteiger partial charge < -0.3 is 10.0 Å². The maximum absolute atomic E-state index is 14.1. The van der Waals surface area contributed by atoms with Gasteiger partial charge in [-0.15, -0.1) is 0 Å². The largest absolute Gasteiger partial charge is 0.491 e. The first-order valence-corrected chi connectivity index (χ1v) is 8.94. The van der Waals surface area contributed by atoms with E-state index in [0.717, 1.165) is 32.1 Å². The number of rotatable bonds is 5. The molecule has 2 aromatic rings. The van der Waals surface area contributed by atoms with E-state index in [1.54, 1.807) is 0 Å². The van der Waals surface area contributed by atoms with Crippen molar-refractivity contribution in [2.75, 3.05) is 0 Å². The van der Waals surface area contributed by atoms with Crippen LogP contribution in [-0.2, 0) is 6.42 Å². The molecule has 2 aromatic carbocycles. The van der Waals surface area contributed by atoms with E-state index < -0.39 is 24.2 Å². The summed E-state index contributed by atoms with van der Waals surface area (Å²) in [6.45, 7) is 0. The minimum Gasteiger partial charge on any atom is -0.423 e. The van der Waals surface area contributed by atoms with E-state index in [0.29, 0.717) is 23.8 Å². The minimum absolute atomic E-state index is 0.312. The molecule has 2 N–H and O–H groups in total. The minimum atomic E-state index is -1.99. The maximum atomic E-state index is 14.1. The van der Waals surface area contributed by atoms with Crippen LogP contribution in [0.4, 0.5) is 8.78 Å². The molecule has 0 unspecified atom stereocenters. The van der Waals surface area contributed by atoms with Gasteiger partial charge in [-0.3, -0.25) is 0 Å². The first kappa shape index (κ1) is 18.1. The van der Waals surface area contributed by atoms with Gasteiger partial charge in [0.15, 0.2) is 11.6 Å². The summed E-state index contributed by atoms with van der Waals surface area (Å²) in [6.07, 6.45) is 5.81. The second-order valence-corrected chi connectivity index (χ2v) is 6.98. The molecule has 132 valence electrons. The lowest BCUT2D eigenvalue weighted by molar-refractivity contribution is 0.309. The fourth-order valence-electron chi connectivity index (χ4n) is 3.87. The molecule has 5 heteroatoms. The van der Waals surface area contributed by atoms with Crippen molar-refractivity contribution in [2.24, 2.45) is 5.92 Å². The van der Waals surface area contributed by atoms with E-state index in [1.807, 2.05) is 6.07 Å². The monoisotopic (exact) mass is 344 g/mol. The zero-order chi connectivity index (χ0) is 17.8. The third-order valence-corrected chi connectivity index (χ3v) is 5.41. The lowest BCUT2D eigenvalue weighted by Crippen LogP contribution is -2.33. The lowest BCUT2D eigenvalue weighted by Gasteiger charge is -2.29. The second-order valence-electron chi connectivity index (χ2n) is 6.98. The third-order valence-electron chi connectivity index (χ3n) is 5.41. The molecule has 0 aromatic heterocycles. The van der Waals surface area contributed by atoms with E-state index >= 15 is 0 Å². The zero-order valence-corrected chi connectivity index (χ0v) is 14.2. The molecule has 0 aliphatic heterocycles. The van der Waals surface area contributed by atoms with Gasteiger partial charge in [-0.1, -0.05) is 42.5 Å². The van der Waals surface area contributed by atoms with Gasteiger partial charge in [-0.25, -0.2) is 8.78 Å². The van der Waals surface area contributed by atoms with Gasteiger partial charge in [0.1, 0.15) is 0 Å². The summed E-state index contributed by atoms with van der Waals surface area (Å²) in [4.78, 5) is 0. The molecule has 0 saturated heterocycles. The van der Waals surface area contributed by atoms with E-state index in [2.05, 4.69) is 24.3 Å². The van der Waals surface area contributed by atoms with E-state index in [4.69, 9.17) is 10.0 Å². The van der Waals surface area contributed by atoms with Crippen molar-refractivity contribution >= 4 is 12.6 Å². The Labute approximate surface area is 147 Å². The quantitative estimate of drug-likeness (QED) is 0.815. The summed E-state index contributed by atoms with van der Waals surface area (Å²) in [5.74, 6) is -0.966. The van der Waals surface area contributed by atoms with Gasteiger partial charge in [-0.05, 0) is 61.5 Å². The Morgan fingerprint density at radius 3 is 2.20 bits per heavy atom. The van der Waals surface area contributed by atoms with Crippen LogP contribution in [0.2, 0.25) is 0 Å². The van der Waals surface area contributed by atoms with Crippen molar-refractivity contribution in [1.82, 2.24) is 0 Å². The average Bonchev–Trinajstić information content (AvgIpc) is 2.64. The molecule has 0 amide bonds. The van der Waals surface area contributed by atoms with E-state index in [9.17, 15) is 8.78 Å². The summed E-state index contributed by atoms with van der Waals surface area (Å²) in [6, 6.07) is 13.3. The van der Waals surface area contributed by atoms with Gasteiger partial charge >= 0.3 is 7.12 Å². The van der Waals surface area contributed by atoms with Crippen molar-refractivity contribution in [2.45, 2.75) is 44.4 Å². The molecule has 1 saturated carbocycles. The average molecular weight is 344 g/mol. The molecular weight excluding hydrogens is 321 g/mol. The van der Waals surface area contributed by atoms with Crippen molar-refractivity contribution in [3.8, 4) is 0 Å². The highest BCUT2D eigenvalue weighted by molar-refractivity contribution is 6.58. The molecule has 0 radical (unpaired) electrons. The van der Waals surface area contributed by atoms with Crippen molar-refractivity contribution in [3.63, 3.8) is 0 Å². The molecule has 3 rings (SSSR count). The second kappa shape index (κ2) is 8.11. The zero-order valence-electron chi connectivity index (χ0n) is 14.2. The number of halogens is 2. The van der Waals surface area contributed by atoms with Crippen LogP contribution in [0, 0.1) is 17.6 Å². The summed E-state index contributed by atoms with van der Waals surface area (Å²) in [5.41, 5.74) is 1.30. The number of hydrogen-bond donors (Lipinski definition) is 2. The number of hydrogen-bond acceptors (Lipinski definition) is 2. The Morgan fingerprint density at radius 2 is 1.56 bits per heavy atom. The summed E-state index contributed by atoms with van der Waals surface area (Å²) in [7, 11) is -1.99. The standard InChI is InChI=1S/C20H23BF2O2/c22-19-17(12-13-18(20(19)23)21(24)25)11-8-14-6-9-16(10-7-14)15-4-2-1-3-5-15/h1-5,12-14,16,24-25H,6-11H2. The molecule has 0 spiro atoms. The molecule has 2 nitrogen and oxygen atoms in total. The summed E-state index contributed by atoms with van der Waals surface area (Å²) in [5, 5.41) is 18.0. The Kier molecular flexibility index (Phi) is 5.87. The Balaban J connectivity index is 1.54. The highest BCUT2D eigenvalue weighted by Crippen LogP contribution is 2.37.